The second-order valence-corrected chi connectivity index (χ2v) is 6.33. The number of hydrogen-bond donors (Lipinski definition) is 2. The van der Waals surface area contributed by atoms with Crippen molar-refractivity contribution in [3.63, 3.8) is 0 Å². The van der Waals surface area contributed by atoms with Gasteiger partial charge in [0.2, 0.25) is 0 Å². The van der Waals surface area contributed by atoms with Crippen molar-refractivity contribution in [3.8, 4) is 0 Å². The van der Waals surface area contributed by atoms with Crippen molar-refractivity contribution in [2.75, 3.05) is 7.11 Å². The van der Waals surface area contributed by atoms with Crippen LogP contribution in [-0.4, -0.2) is 13.1 Å². The lowest BCUT2D eigenvalue weighted by atomic mass is 10.1. The number of nitrogens with two attached hydrogens (primary N) is 1. The van der Waals surface area contributed by atoms with E-state index in [-0.39, 0.29) is 30.0 Å². The number of hydrogen-bond acceptors (Lipinski definition) is 2. The molecule has 1 atom stereocenters. The first-order valence-electron chi connectivity index (χ1n) is 7.57. The number of benzene rings is 2. The Kier molecular flexibility index (Phi) is 9.56. The van der Waals surface area contributed by atoms with Crippen molar-refractivity contribution >= 4 is 53.1 Å². The fraction of sp³-hybridized carbons (Fsp3) is 0.278. The van der Waals surface area contributed by atoms with Crippen LogP contribution in [0.4, 0.5) is 0 Å². The fourth-order valence-corrected chi connectivity index (χ4v) is 2.93. The summed E-state index contributed by atoms with van der Waals surface area (Å²) in [4.78, 5) is 4.38. The quantitative estimate of drug-likeness (QED) is 0.341. The molecule has 0 bridgehead atoms. The molecule has 136 valence electrons. The van der Waals surface area contributed by atoms with Gasteiger partial charge in [-0.25, -0.2) is 4.99 Å². The molecular weight excluding hydrogens is 472 g/mol. The zero-order valence-electron chi connectivity index (χ0n) is 14.1. The van der Waals surface area contributed by atoms with Crippen LogP contribution in [0.25, 0.3) is 0 Å². The summed E-state index contributed by atoms with van der Waals surface area (Å²) in [5.74, 6) is 0.366. The molecule has 0 saturated carbocycles. The van der Waals surface area contributed by atoms with E-state index in [1.54, 1.807) is 19.2 Å². The van der Waals surface area contributed by atoms with Gasteiger partial charge in [-0.3, -0.25) is 0 Å². The van der Waals surface area contributed by atoms with Gasteiger partial charge < -0.3 is 15.8 Å². The largest absolute Gasteiger partial charge is 0.380 e. The Labute approximate surface area is 175 Å². The van der Waals surface area contributed by atoms with E-state index in [1.807, 2.05) is 31.2 Å². The minimum absolute atomic E-state index is 0. The van der Waals surface area contributed by atoms with Gasteiger partial charge in [0, 0.05) is 17.2 Å². The topological polar surface area (TPSA) is 59.6 Å². The molecule has 4 nitrogen and oxygen atoms in total. The molecule has 3 N–H and O–H groups in total. The van der Waals surface area contributed by atoms with Crippen LogP contribution in [0.1, 0.15) is 29.7 Å². The van der Waals surface area contributed by atoms with E-state index >= 15 is 0 Å². The highest BCUT2D eigenvalue weighted by atomic mass is 127. The smallest absolute Gasteiger partial charge is 0.189 e. The third kappa shape index (κ3) is 7.01. The standard InChI is InChI=1S/C18H21Cl2N3O.HI/c1-12(16-7-6-15(19)9-17(16)20)23-18(21)22-10-13-4-3-5-14(8-13)11-24-2;/h3-9,12H,10-11H2,1-2H3,(H3,21,22,23);1H. The number of aliphatic imine (C=N–C) groups is 1. The minimum Gasteiger partial charge on any atom is -0.380 e. The molecule has 0 spiro atoms. The molecule has 1 unspecified atom stereocenters. The first-order chi connectivity index (χ1) is 11.5. The zero-order valence-corrected chi connectivity index (χ0v) is 18.0. The molecule has 0 radical (unpaired) electrons. The van der Waals surface area contributed by atoms with Crippen LogP contribution in [0, 0.1) is 0 Å². The SMILES string of the molecule is COCc1cccc(CN=C(N)NC(C)c2ccc(Cl)cc2Cl)c1.I. The van der Waals surface area contributed by atoms with Gasteiger partial charge in [0.1, 0.15) is 0 Å². The molecule has 25 heavy (non-hydrogen) atoms. The van der Waals surface area contributed by atoms with Gasteiger partial charge in [0.15, 0.2) is 5.96 Å². The van der Waals surface area contributed by atoms with Gasteiger partial charge in [-0.2, -0.15) is 0 Å². The molecule has 2 aromatic rings. The van der Waals surface area contributed by atoms with E-state index in [1.165, 1.54) is 0 Å². The summed E-state index contributed by atoms with van der Waals surface area (Å²) in [5, 5.41) is 4.35. The fourth-order valence-electron chi connectivity index (χ4n) is 2.36. The lowest BCUT2D eigenvalue weighted by molar-refractivity contribution is 0.185. The van der Waals surface area contributed by atoms with Crippen molar-refractivity contribution in [2.45, 2.75) is 26.1 Å². The Bertz CT molecular complexity index is 725. The highest BCUT2D eigenvalue weighted by Gasteiger charge is 2.10. The average molecular weight is 494 g/mol. The molecule has 0 fully saturated rings. The van der Waals surface area contributed by atoms with E-state index in [4.69, 9.17) is 33.7 Å². The summed E-state index contributed by atoms with van der Waals surface area (Å²) in [6.07, 6.45) is 0. The Hall–Kier alpha value is -1.02. The molecule has 0 aliphatic carbocycles. The number of rotatable bonds is 6. The van der Waals surface area contributed by atoms with Crippen molar-refractivity contribution in [3.05, 3.63) is 69.2 Å². The maximum absolute atomic E-state index is 6.21. The molecule has 2 aromatic carbocycles. The monoisotopic (exact) mass is 493 g/mol. The molecular formula is C18H22Cl2IN3O. The predicted octanol–water partition coefficient (Wildman–Crippen LogP) is 4.92. The predicted molar refractivity (Wildman–Crippen MR) is 116 cm³/mol. The summed E-state index contributed by atoms with van der Waals surface area (Å²) < 4.78 is 5.13. The van der Waals surface area contributed by atoms with Gasteiger partial charge in [-0.1, -0.05) is 53.5 Å². The molecule has 0 aromatic heterocycles. The van der Waals surface area contributed by atoms with Crippen LogP contribution < -0.4 is 11.1 Å². The summed E-state index contributed by atoms with van der Waals surface area (Å²) in [6.45, 7) is 3.05. The highest BCUT2D eigenvalue weighted by molar-refractivity contribution is 14.0. The van der Waals surface area contributed by atoms with Crippen molar-refractivity contribution < 1.29 is 4.74 Å². The summed E-state index contributed by atoms with van der Waals surface area (Å²) >= 11 is 12.1. The van der Waals surface area contributed by atoms with E-state index < -0.39 is 0 Å². The maximum atomic E-state index is 6.21. The summed E-state index contributed by atoms with van der Waals surface area (Å²) in [5.41, 5.74) is 9.08. The van der Waals surface area contributed by atoms with Crippen LogP contribution in [0.2, 0.25) is 10.0 Å². The first kappa shape index (κ1) is 22.0. The van der Waals surface area contributed by atoms with Crippen molar-refractivity contribution in [1.29, 1.82) is 0 Å². The van der Waals surface area contributed by atoms with Gasteiger partial charge in [0.05, 0.1) is 19.2 Å². The van der Waals surface area contributed by atoms with E-state index in [0.29, 0.717) is 29.2 Å². The Balaban J connectivity index is 0.00000312. The normalized spacial score (nSPS) is 12.4. The van der Waals surface area contributed by atoms with Crippen LogP contribution in [0.15, 0.2) is 47.5 Å². The number of ether oxygens (including phenoxy) is 1. The van der Waals surface area contributed by atoms with E-state index in [0.717, 1.165) is 16.7 Å². The summed E-state index contributed by atoms with van der Waals surface area (Å²) in [7, 11) is 1.68. The zero-order chi connectivity index (χ0) is 17.5. The molecule has 0 aliphatic heterocycles. The second-order valence-electron chi connectivity index (χ2n) is 5.49. The van der Waals surface area contributed by atoms with Crippen molar-refractivity contribution in [1.82, 2.24) is 5.32 Å². The molecule has 0 aliphatic rings. The van der Waals surface area contributed by atoms with E-state index in [9.17, 15) is 0 Å². The first-order valence-corrected chi connectivity index (χ1v) is 8.33. The van der Waals surface area contributed by atoms with Crippen LogP contribution in [0.5, 0.6) is 0 Å². The van der Waals surface area contributed by atoms with Crippen LogP contribution in [-0.2, 0) is 17.9 Å². The van der Waals surface area contributed by atoms with Gasteiger partial charge in [-0.05, 0) is 35.7 Å². The Morgan fingerprint density at radius 3 is 2.60 bits per heavy atom. The molecule has 0 saturated heterocycles. The summed E-state index contributed by atoms with van der Waals surface area (Å²) in [6, 6.07) is 13.4. The number of nitrogens with zero attached hydrogens (tertiary/aromatic N) is 1. The van der Waals surface area contributed by atoms with Gasteiger partial charge >= 0.3 is 0 Å². The third-order valence-electron chi connectivity index (χ3n) is 3.53. The average Bonchev–Trinajstić information content (AvgIpc) is 2.53. The highest BCUT2D eigenvalue weighted by Crippen LogP contribution is 2.25. The molecule has 0 amide bonds. The van der Waals surface area contributed by atoms with Crippen LogP contribution >= 0.6 is 47.2 Å². The number of nitrogens with one attached hydrogen (secondary N) is 1. The lowest BCUT2D eigenvalue weighted by Gasteiger charge is -2.16. The minimum atomic E-state index is -0.0710. The number of guanidine groups is 1. The molecule has 7 heteroatoms. The van der Waals surface area contributed by atoms with Crippen LogP contribution in [0.3, 0.4) is 0 Å². The molecule has 0 heterocycles. The molecule has 2 rings (SSSR count). The van der Waals surface area contributed by atoms with Gasteiger partial charge in [0.25, 0.3) is 0 Å². The Morgan fingerprint density at radius 2 is 1.92 bits per heavy atom. The Morgan fingerprint density at radius 1 is 1.20 bits per heavy atom. The maximum Gasteiger partial charge on any atom is 0.189 e. The third-order valence-corrected chi connectivity index (χ3v) is 4.09. The number of halogens is 3. The lowest BCUT2D eigenvalue weighted by Crippen LogP contribution is -2.34. The number of methoxy groups -OCH3 is 1. The van der Waals surface area contributed by atoms with Gasteiger partial charge in [-0.15, -0.1) is 24.0 Å². The van der Waals surface area contributed by atoms with E-state index in [2.05, 4.69) is 16.4 Å². The van der Waals surface area contributed by atoms with Crippen molar-refractivity contribution in [2.24, 2.45) is 10.7 Å². The second kappa shape index (κ2) is 10.9.